The molecule has 3 heteroatoms. The van der Waals surface area contributed by atoms with Crippen LogP contribution in [0, 0.1) is 5.92 Å². The van der Waals surface area contributed by atoms with Crippen LogP contribution in [0.2, 0.25) is 0 Å². The molecule has 0 unspecified atom stereocenters. The van der Waals surface area contributed by atoms with Gasteiger partial charge in [0.05, 0.1) is 12.7 Å². The first-order chi connectivity index (χ1) is 9.26. The van der Waals surface area contributed by atoms with Gasteiger partial charge in [0.2, 0.25) is 0 Å². The molecule has 0 radical (unpaired) electrons. The van der Waals surface area contributed by atoms with Gasteiger partial charge in [-0.2, -0.15) is 0 Å². The molecule has 1 saturated carbocycles. The van der Waals surface area contributed by atoms with Crippen LogP contribution in [-0.4, -0.2) is 25.8 Å². The van der Waals surface area contributed by atoms with Crippen LogP contribution in [0.1, 0.15) is 57.8 Å². The number of unbranched alkanes of at least 4 members (excludes halogenated alkanes) is 3. The number of carbonyl (C=O) groups is 1. The van der Waals surface area contributed by atoms with Crippen molar-refractivity contribution in [2.24, 2.45) is 5.92 Å². The summed E-state index contributed by atoms with van der Waals surface area (Å²) >= 11 is 0. The predicted molar refractivity (Wildman–Crippen MR) is 77.0 cm³/mol. The highest BCUT2D eigenvalue weighted by Crippen LogP contribution is 2.29. The lowest BCUT2D eigenvalue weighted by atomic mass is 9.84. The zero-order chi connectivity index (χ0) is 13.9. The Hall–Kier alpha value is -0.830. The van der Waals surface area contributed by atoms with Crippen molar-refractivity contribution in [3.63, 3.8) is 0 Å². The van der Waals surface area contributed by atoms with Crippen LogP contribution >= 0.6 is 0 Å². The van der Waals surface area contributed by atoms with Gasteiger partial charge in [-0.05, 0) is 38.0 Å². The summed E-state index contributed by atoms with van der Waals surface area (Å²) in [7, 11) is 1.82. The van der Waals surface area contributed by atoms with Crippen molar-refractivity contribution < 1.29 is 14.3 Å². The Morgan fingerprint density at radius 2 is 1.84 bits per heavy atom. The largest absolute Gasteiger partial charge is 0.463 e. The van der Waals surface area contributed by atoms with Gasteiger partial charge in [-0.15, -0.1) is 0 Å². The van der Waals surface area contributed by atoms with E-state index >= 15 is 0 Å². The Morgan fingerprint density at radius 3 is 2.47 bits per heavy atom. The minimum atomic E-state index is -0.310. The number of methoxy groups -OCH3 is 1. The van der Waals surface area contributed by atoms with Crippen molar-refractivity contribution in [3.8, 4) is 0 Å². The van der Waals surface area contributed by atoms with Gasteiger partial charge in [-0.1, -0.05) is 32.3 Å². The van der Waals surface area contributed by atoms with Crippen LogP contribution in [-0.2, 0) is 14.3 Å². The summed E-state index contributed by atoms with van der Waals surface area (Å²) in [5, 5.41) is 0. The third kappa shape index (κ3) is 7.36. The lowest BCUT2D eigenvalue weighted by molar-refractivity contribution is -0.137. The molecule has 1 aliphatic carbocycles. The maximum Gasteiger partial charge on any atom is 0.330 e. The van der Waals surface area contributed by atoms with E-state index < -0.39 is 0 Å². The number of hydrogen-bond acceptors (Lipinski definition) is 3. The minimum Gasteiger partial charge on any atom is -0.463 e. The van der Waals surface area contributed by atoms with E-state index in [1.165, 1.54) is 51.0 Å². The molecule has 3 nitrogen and oxygen atoms in total. The first-order valence-corrected chi connectivity index (χ1v) is 7.58. The molecular formula is C16H28O3. The fraction of sp³-hybridized carbons (Fsp3) is 0.812. The number of ether oxygens (including phenoxy) is 2. The Balaban J connectivity index is 1.88. The monoisotopic (exact) mass is 268 g/mol. The molecule has 0 amide bonds. The van der Waals surface area contributed by atoms with Gasteiger partial charge in [0.25, 0.3) is 0 Å². The highest BCUT2D eigenvalue weighted by molar-refractivity contribution is 5.81. The molecule has 1 aliphatic rings. The maximum atomic E-state index is 10.8. The lowest BCUT2D eigenvalue weighted by Crippen LogP contribution is -2.20. The fourth-order valence-corrected chi connectivity index (χ4v) is 2.78. The second-order valence-corrected chi connectivity index (χ2v) is 5.45. The highest BCUT2D eigenvalue weighted by atomic mass is 16.5. The zero-order valence-electron chi connectivity index (χ0n) is 12.2. The van der Waals surface area contributed by atoms with E-state index in [0.29, 0.717) is 12.7 Å². The summed E-state index contributed by atoms with van der Waals surface area (Å²) < 4.78 is 10.3. The molecule has 0 aliphatic heterocycles. The van der Waals surface area contributed by atoms with Gasteiger partial charge in [-0.25, -0.2) is 4.79 Å². The van der Waals surface area contributed by atoms with Crippen molar-refractivity contribution in [1.82, 2.24) is 0 Å². The van der Waals surface area contributed by atoms with E-state index in [1.54, 1.807) is 0 Å². The Labute approximate surface area is 117 Å². The summed E-state index contributed by atoms with van der Waals surface area (Å²) in [5.74, 6) is 0.597. The minimum absolute atomic E-state index is 0.310. The van der Waals surface area contributed by atoms with E-state index in [2.05, 4.69) is 6.58 Å². The van der Waals surface area contributed by atoms with Crippen molar-refractivity contribution in [1.29, 1.82) is 0 Å². The number of carbonyl (C=O) groups excluding carboxylic acids is 1. The molecule has 1 rings (SSSR count). The SMILES string of the molecule is C=CC(=O)OCCCCCCC1CCC(OC)CC1. The molecule has 1 fully saturated rings. The molecule has 0 atom stereocenters. The van der Waals surface area contributed by atoms with Gasteiger partial charge in [0, 0.05) is 13.2 Å². The van der Waals surface area contributed by atoms with Crippen LogP contribution in [0.5, 0.6) is 0 Å². The number of rotatable bonds is 9. The van der Waals surface area contributed by atoms with Crippen molar-refractivity contribution >= 4 is 5.97 Å². The molecule has 0 heterocycles. The Bertz CT molecular complexity index is 255. The first-order valence-electron chi connectivity index (χ1n) is 7.58. The summed E-state index contributed by atoms with van der Waals surface area (Å²) in [6.45, 7) is 3.90. The summed E-state index contributed by atoms with van der Waals surface area (Å²) in [6, 6.07) is 0. The first kappa shape index (κ1) is 16.2. The van der Waals surface area contributed by atoms with Crippen molar-refractivity contribution in [2.75, 3.05) is 13.7 Å². The van der Waals surface area contributed by atoms with Gasteiger partial charge in [-0.3, -0.25) is 0 Å². The van der Waals surface area contributed by atoms with Crippen LogP contribution in [0.15, 0.2) is 12.7 Å². The fourth-order valence-electron chi connectivity index (χ4n) is 2.78. The predicted octanol–water partition coefficient (Wildman–Crippen LogP) is 3.87. The Kier molecular flexibility index (Phi) is 8.55. The smallest absolute Gasteiger partial charge is 0.330 e. The van der Waals surface area contributed by atoms with Crippen molar-refractivity contribution in [2.45, 2.75) is 63.9 Å². The van der Waals surface area contributed by atoms with E-state index in [0.717, 1.165) is 18.8 Å². The van der Waals surface area contributed by atoms with E-state index in [4.69, 9.17) is 9.47 Å². The molecule has 19 heavy (non-hydrogen) atoms. The average molecular weight is 268 g/mol. The molecule has 110 valence electrons. The summed E-state index contributed by atoms with van der Waals surface area (Å²) in [6.07, 6.45) is 12.9. The maximum absolute atomic E-state index is 10.8. The Morgan fingerprint density at radius 1 is 1.16 bits per heavy atom. The highest BCUT2D eigenvalue weighted by Gasteiger charge is 2.19. The summed E-state index contributed by atoms with van der Waals surface area (Å²) in [5.41, 5.74) is 0. The van der Waals surface area contributed by atoms with Crippen LogP contribution < -0.4 is 0 Å². The van der Waals surface area contributed by atoms with Crippen LogP contribution in [0.3, 0.4) is 0 Å². The zero-order valence-corrected chi connectivity index (χ0v) is 12.2. The number of esters is 1. The quantitative estimate of drug-likeness (QED) is 0.362. The molecule has 0 spiro atoms. The number of hydrogen-bond donors (Lipinski definition) is 0. The second kappa shape index (κ2) is 10.0. The van der Waals surface area contributed by atoms with Gasteiger partial charge < -0.3 is 9.47 Å². The summed E-state index contributed by atoms with van der Waals surface area (Å²) in [4.78, 5) is 10.8. The van der Waals surface area contributed by atoms with Gasteiger partial charge in [0.15, 0.2) is 0 Å². The van der Waals surface area contributed by atoms with Gasteiger partial charge >= 0.3 is 5.97 Å². The lowest BCUT2D eigenvalue weighted by Gasteiger charge is -2.27. The van der Waals surface area contributed by atoms with E-state index in [9.17, 15) is 4.79 Å². The molecule has 0 bridgehead atoms. The second-order valence-electron chi connectivity index (χ2n) is 5.45. The standard InChI is InChI=1S/C16H28O3/c1-3-16(17)19-13-7-5-4-6-8-14-9-11-15(18-2)12-10-14/h3,14-15H,1,4-13H2,2H3. The van der Waals surface area contributed by atoms with Crippen LogP contribution in [0.4, 0.5) is 0 Å². The molecule has 0 aromatic carbocycles. The van der Waals surface area contributed by atoms with E-state index in [1.807, 2.05) is 7.11 Å². The van der Waals surface area contributed by atoms with Gasteiger partial charge in [0.1, 0.15) is 0 Å². The topological polar surface area (TPSA) is 35.5 Å². The third-order valence-corrected chi connectivity index (χ3v) is 4.04. The molecule has 0 aromatic rings. The molecule has 0 saturated heterocycles. The molecule has 0 aromatic heterocycles. The van der Waals surface area contributed by atoms with E-state index in [-0.39, 0.29) is 5.97 Å². The normalized spacial score (nSPS) is 23.0. The molecule has 0 N–H and O–H groups in total. The van der Waals surface area contributed by atoms with Crippen LogP contribution in [0.25, 0.3) is 0 Å². The third-order valence-electron chi connectivity index (χ3n) is 4.04. The van der Waals surface area contributed by atoms with Crippen molar-refractivity contribution in [3.05, 3.63) is 12.7 Å². The average Bonchev–Trinajstić information content (AvgIpc) is 2.46. The molecular weight excluding hydrogens is 240 g/mol.